The Morgan fingerprint density at radius 3 is 2.88 bits per heavy atom. The van der Waals surface area contributed by atoms with Gasteiger partial charge in [-0.15, -0.1) is 0 Å². The molecule has 17 heavy (non-hydrogen) atoms. The van der Waals surface area contributed by atoms with Gasteiger partial charge in [0.2, 0.25) is 5.91 Å². The van der Waals surface area contributed by atoms with E-state index in [2.05, 4.69) is 4.98 Å². The molecular weight excluding hydrogens is 219 g/mol. The van der Waals surface area contributed by atoms with Crippen molar-refractivity contribution in [1.29, 1.82) is 0 Å². The van der Waals surface area contributed by atoms with Gasteiger partial charge in [0, 0.05) is 17.5 Å². The van der Waals surface area contributed by atoms with Crippen molar-refractivity contribution in [3.8, 4) is 0 Å². The largest absolute Gasteiger partial charge is 0.370 e. The summed E-state index contributed by atoms with van der Waals surface area (Å²) in [6.07, 6.45) is 0.619. The number of pyridine rings is 1. The predicted molar refractivity (Wildman–Crippen MR) is 64.0 cm³/mol. The molecule has 88 valence electrons. The van der Waals surface area contributed by atoms with Crippen molar-refractivity contribution in [2.75, 3.05) is 0 Å². The topological polar surface area (TPSA) is 56.0 Å². The van der Waals surface area contributed by atoms with Crippen LogP contribution in [0.5, 0.6) is 0 Å². The molecule has 4 heteroatoms. The number of carbonyl (C=O) groups excluding carboxylic acids is 1. The average molecular weight is 232 g/mol. The first kappa shape index (κ1) is 11.5. The maximum Gasteiger partial charge on any atom is 0.217 e. The molecule has 0 radical (unpaired) electrons. The van der Waals surface area contributed by atoms with Gasteiger partial charge in [0.1, 0.15) is 5.82 Å². The average Bonchev–Trinajstić information content (AvgIpc) is 2.26. The highest BCUT2D eigenvalue weighted by molar-refractivity contribution is 5.83. The number of rotatable bonds is 3. The first-order chi connectivity index (χ1) is 8.06. The molecule has 0 fully saturated rings. The van der Waals surface area contributed by atoms with Gasteiger partial charge < -0.3 is 5.73 Å². The van der Waals surface area contributed by atoms with Crippen LogP contribution >= 0.6 is 0 Å². The molecule has 0 aliphatic heterocycles. The first-order valence-electron chi connectivity index (χ1n) is 5.40. The Hall–Kier alpha value is -1.97. The lowest BCUT2D eigenvalue weighted by Gasteiger charge is -2.06. The van der Waals surface area contributed by atoms with E-state index in [4.69, 9.17) is 5.73 Å². The van der Waals surface area contributed by atoms with Crippen LogP contribution in [0, 0.1) is 12.7 Å². The van der Waals surface area contributed by atoms with Gasteiger partial charge in [-0.3, -0.25) is 9.78 Å². The van der Waals surface area contributed by atoms with Gasteiger partial charge in [-0.2, -0.15) is 0 Å². The first-order valence-corrected chi connectivity index (χ1v) is 5.40. The van der Waals surface area contributed by atoms with Crippen LogP contribution in [0.1, 0.15) is 17.7 Å². The minimum Gasteiger partial charge on any atom is -0.370 e. The number of aromatic nitrogens is 1. The van der Waals surface area contributed by atoms with E-state index in [0.717, 1.165) is 22.2 Å². The highest BCUT2D eigenvalue weighted by Crippen LogP contribution is 2.20. The molecule has 0 atom stereocenters. The van der Waals surface area contributed by atoms with Gasteiger partial charge in [0.15, 0.2) is 0 Å². The lowest BCUT2D eigenvalue weighted by atomic mass is 10.0. The van der Waals surface area contributed by atoms with Gasteiger partial charge in [-0.1, -0.05) is 6.07 Å². The van der Waals surface area contributed by atoms with E-state index >= 15 is 0 Å². The van der Waals surface area contributed by atoms with Crippen molar-refractivity contribution in [3.05, 3.63) is 41.3 Å². The summed E-state index contributed by atoms with van der Waals surface area (Å²) < 4.78 is 13.4. The van der Waals surface area contributed by atoms with Crippen LogP contribution in [0.4, 0.5) is 4.39 Å². The van der Waals surface area contributed by atoms with Crippen LogP contribution in [0.25, 0.3) is 10.9 Å². The standard InChI is InChI=1S/C13H13FN2O/c1-8-2-3-9-6-11(14)7-10(13(9)16-8)4-5-12(15)17/h2-3,6-7H,4-5H2,1H3,(H2,15,17). The zero-order valence-corrected chi connectivity index (χ0v) is 9.53. The second kappa shape index (κ2) is 4.49. The van der Waals surface area contributed by atoms with Crippen LogP contribution in [0.15, 0.2) is 24.3 Å². The van der Waals surface area contributed by atoms with Crippen molar-refractivity contribution < 1.29 is 9.18 Å². The van der Waals surface area contributed by atoms with E-state index in [9.17, 15) is 9.18 Å². The number of nitrogens with zero attached hydrogens (tertiary/aromatic N) is 1. The zero-order chi connectivity index (χ0) is 12.4. The van der Waals surface area contributed by atoms with Crippen LogP contribution in [-0.4, -0.2) is 10.9 Å². The molecule has 0 bridgehead atoms. The Balaban J connectivity index is 2.51. The fourth-order valence-corrected chi connectivity index (χ4v) is 1.81. The summed E-state index contributed by atoms with van der Waals surface area (Å²) in [5, 5.41) is 0.745. The quantitative estimate of drug-likeness (QED) is 0.881. The fraction of sp³-hybridized carbons (Fsp3) is 0.231. The van der Waals surface area contributed by atoms with Crippen LogP contribution in [-0.2, 0) is 11.2 Å². The molecule has 2 aromatic rings. The zero-order valence-electron chi connectivity index (χ0n) is 9.53. The maximum atomic E-state index is 13.4. The Labute approximate surface area is 98.5 Å². The summed E-state index contributed by atoms with van der Waals surface area (Å²) in [5.41, 5.74) is 7.43. The van der Waals surface area contributed by atoms with Crippen molar-refractivity contribution in [1.82, 2.24) is 4.98 Å². The summed E-state index contributed by atoms with van der Waals surface area (Å²) in [6, 6.07) is 6.52. The lowest BCUT2D eigenvalue weighted by Crippen LogP contribution is -2.11. The summed E-state index contributed by atoms with van der Waals surface area (Å²) in [4.78, 5) is 15.1. The van der Waals surface area contributed by atoms with E-state index in [-0.39, 0.29) is 12.2 Å². The molecule has 1 aromatic heterocycles. The predicted octanol–water partition coefficient (Wildman–Crippen LogP) is 2.10. The van der Waals surface area contributed by atoms with Crippen molar-refractivity contribution in [2.45, 2.75) is 19.8 Å². The Bertz CT molecular complexity index is 581. The normalized spacial score (nSPS) is 10.7. The molecule has 0 saturated carbocycles. The highest BCUT2D eigenvalue weighted by Gasteiger charge is 2.07. The number of primary amides is 1. The molecule has 0 unspecified atom stereocenters. The van der Waals surface area contributed by atoms with Crippen molar-refractivity contribution >= 4 is 16.8 Å². The molecule has 2 rings (SSSR count). The molecule has 1 amide bonds. The third-order valence-corrected chi connectivity index (χ3v) is 2.62. The van der Waals surface area contributed by atoms with Gasteiger partial charge >= 0.3 is 0 Å². The molecule has 0 aliphatic rings. The number of nitrogens with two attached hydrogens (primary N) is 1. The molecule has 3 nitrogen and oxygen atoms in total. The number of fused-ring (bicyclic) bond motifs is 1. The summed E-state index contributed by atoms with van der Waals surface area (Å²) in [5.74, 6) is -0.710. The number of benzene rings is 1. The molecule has 0 saturated heterocycles. The van der Waals surface area contributed by atoms with E-state index in [0.29, 0.717) is 6.42 Å². The van der Waals surface area contributed by atoms with Crippen LogP contribution in [0.3, 0.4) is 0 Å². The molecule has 1 aromatic carbocycles. The smallest absolute Gasteiger partial charge is 0.217 e. The lowest BCUT2D eigenvalue weighted by molar-refractivity contribution is -0.117. The van der Waals surface area contributed by atoms with E-state index in [1.165, 1.54) is 12.1 Å². The molecule has 2 N–H and O–H groups in total. The number of hydrogen-bond acceptors (Lipinski definition) is 2. The van der Waals surface area contributed by atoms with E-state index in [1.807, 2.05) is 19.1 Å². The number of halogens is 1. The third-order valence-electron chi connectivity index (χ3n) is 2.62. The third kappa shape index (κ3) is 2.58. The Kier molecular flexibility index (Phi) is 3.04. The summed E-state index contributed by atoms with van der Waals surface area (Å²) in [6.45, 7) is 1.88. The van der Waals surface area contributed by atoms with Gasteiger partial charge in [0.25, 0.3) is 0 Å². The summed E-state index contributed by atoms with van der Waals surface area (Å²) >= 11 is 0. The molecule has 0 aliphatic carbocycles. The second-order valence-electron chi connectivity index (χ2n) is 4.06. The minimum absolute atomic E-state index is 0.203. The number of amides is 1. The number of aryl methyl sites for hydroxylation is 2. The second-order valence-corrected chi connectivity index (χ2v) is 4.06. The molecular formula is C13H13FN2O. The van der Waals surface area contributed by atoms with Gasteiger partial charge in [-0.05, 0) is 37.1 Å². The number of hydrogen-bond donors (Lipinski definition) is 1. The van der Waals surface area contributed by atoms with Crippen LogP contribution < -0.4 is 5.73 Å². The minimum atomic E-state index is -0.393. The Morgan fingerprint density at radius 1 is 1.41 bits per heavy atom. The van der Waals surface area contributed by atoms with E-state index < -0.39 is 5.91 Å². The van der Waals surface area contributed by atoms with Gasteiger partial charge in [-0.25, -0.2) is 4.39 Å². The molecule has 0 spiro atoms. The fourth-order valence-electron chi connectivity index (χ4n) is 1.81. The monoisotopic (exact) mass is 232 g/mol. The van der Waals surface area contributed by atoms with Crippen LogP contribution in [0.2, 0.25) is 0 Å². The van der Waals surface area contributed by atoms with Crippen molar-refractivity contribution in [3.63, 3.8) is 0 Å². The maximum absolute atomic E-state index is 13.4. The SMILES string of the molecule is Cc1ccc2cc(F)cc(CCC(N)=O)c2n1. The number of carbonyl (C=O) groups is 1. The van der Waals surface area contributed by atoms with E-state index in [1.54, 1.807) is 0 Å². The van der Waals surface area contributed by atoms with Gasteiger partial charge in [0.05, 0.1) is 5.52 Å². The summed E-state index contributed by atoms with van der Waals surface area (Å²) in [7, 11) is 0. The Morgan fingerprint density at radius 2 is 2.18 bits per heavy atom. The molecule has 1 heterocycles. The van der Waals surface area contributed by atoms with Crippen molar-refractivity contribution in [2.24, 2.45) is 5.73 Å². The highest BCUT2D eigenvalue weighted by atomic mass is 19.1.